The molecule has 6 fully saturated rings. The molecule has 70 heteroatoms. The van der Waals surface area contributed by atoms with E-state index in [4.69, 9.17) is 182 Å². The first-order valence-electron chi connectivity index (χ1n) is 43.4. The summed E-state index contributed by atoms with van der Waals surface area (Å²) in [6.07, 6.45) is -22.9. The van der Waals surface area contributed by atoms with E-state index in [0.717, 1.165) is 28.1 Å². The normalized spacial score (nSPS) is 29.0. The Balaban J connectivity index is 0.678. The number of fused-ring (bicyclic) bond motifs is 4. The standard InChI is InChI=1S/C73H101N24O37P5S4/c1-8-34-35(17-43(124-34)94-28-82-46-58(76)86-71(102)88-61(46)94)130-136(107,140)120-21-37-36(18-42(125-37)92-19-32(2)63(99)90-72(92)103)131-137(108,141)122-24-40-49(53(116-14-10-112-5)69(128-40)97-31-85-47-62(97)87-70(77)89-65(47)101)132-135(105,106)119-23-39-50(54(117-15-11-113-6)67(127-39)95-29-83-44-56(74)78-26-80-59(44)95)133-139(110,143)123-25-41-51(55(118-16-12-114-7)68(129-41)96-30-84-45-57(75)79-27-81-60(45)96)134-138(109,142)121-22-38-48(98)52(115-13-9-111-4)66(126-38)93-20-33(3)64(100)91-73(93)104/h19-20,26-31,34-43,48-55,66-69,98H,8-18,21-25H2,1-7H3,(H,105,106)(H,107,140)(H,108,141)(H,109,142)(H,110,143)(H2,74,78,80)(H2,75,79,81)(H,90,99,103)(H,91,100,104)(H3,76,86,88,102)(H3,77,87,89,101)/t34-,35-,36-,37-,38-,39-,40-,41-,42-,43-,48+,49+,50+,51+,52?,53?,54?,55?,66-,67-,68-,69-,136?,137?,138?,139?/m1/s1. The highest BCUT2D eigenvalue weighted by molar-refractivity contribution is 8.08. The van der Waals surface area contributed by atoms with Crippen LogP contribution in [0.25, 0.3) is 44.7 Å². The highest BCUT2D eigenvalue weighted by atomic mass is 32.5. The average molecular weight is 2190 g/mol. The van der Waals surface area contributed by atoms with Crippen molar-refractivity contribution in [2.75, 3.05) is 137 Å². The number of H-pyrrole nitrogens is 4. The number of hydrogen-bond acceptors (Lipinski definition) is 50. The van der Waals surface area contributed by atoms with Crippen LogP contribution in [0.3, 0.4) is 0 Å². The van der Waals surface area contributed by atoms with E-state index in [1.165, 1.54) is 91.9 Å². The van der Waals surface area contributed by atoms with Crippen molar-refractivity contribution in [3.63, 3.8) is 0 Å². The van der Waals surface area contributed by atoms with Crippen LogP contribution in [0, 0.1) is 13.8 Å². The third-order valence-electron chi connectivity index (χ3n) is 23.3. The summed E-state index contributed by atoms with van der Waals surface area (Å²) >= 11 is 22.9. The number of aryl methyl sites for hydroxylation is 2. The van der Waals surface area contributed by atoms with E-state index < -0.39 is 242 Å². The number of aromatic nitrogens is 20. The Morgan fingerprint density at radius 3 is 1.29 bits per heavy atom. The molecular formula is C73H101N24O37P5S4. The van der Waals surface area contributed by atoms with Crippen LogP contribution in [-0.4, -0.2) is 339 Å². The summed E-state index contributed by atoms with van der Waals surface area (Å²) in [4.78, 5) is 192. The van der Waals surface area contributed by atoms with Crippen LogP contribution in [0.5, 0.6) is 0 Å². The lowest BCUT2D eigenvalue weighted by molar-refractivity contribution is -0.0827. The summed E-state index contributed by atoms with van der Waals surface area (Å²) in [5.74, 6) is -0.581. The molecule has 0 aliphatic carbocycles. The number of methoxy groups -OCH3 is 4. The number of phosphoric acid groups is 1. The molecule has 18 N–H and O–H groups in total. The smallest absolute Gasteiger partial charge is 0.387 e. The fourth-order valence-electron chi connectivity index (χ4n) is 16.7. The maximum atomic E-state index is 15.5. The number of ether oxygens (including phenoxy) is 14. The Bertz CT molecular complexity index is 6870. The monoisotopic (exact) mass is 2190 g/mol. The van der Waals surface area contributed by atoms with E-state index in [2.05, 4.69) is 69.8 Å². The molecule has 0 amide bonds. The van der Waals surface area contributed by atoms with Crippen LogP contribution in [0.4, 0.5) is 23.4 Å². The molecule has 6 saturated heterocycles. The van der Waals surface area contributed by atoms with Crippen molar-refractivity contribution >= 4 is 150 Å². The first kappa shape index (κ1) is 108. The fourth-order valence-corrected chi connectivity index (χ4v) is 23.5. The van der Waals surface area contributed by atoms with Gasteiger partial charge in [-0.15, -0.1) is 0 Å². The minimum absolute atomic E-state index is 0.0154. The summed E-state index contributed by atoms with van der Waals surface area (Å²) < 4.78 is 170. The molecule has 6 aliphatic rings. The van der Waals surface area contributed by atoms with Gasteiger partial charge in [0.15, 0.2) is 64.7 Å². The number of nitrogens with two attached hydrogens (primary N) is 4. The Hall–Kier alpha value is -8.01. The number of phosphoric ester groups is 1. The number of nitrogens with zero attached hydrogens (tertiary/aromatic N) is 16. The number of anilines is 4. The van der Waals surface area contributed by atoms with Crippen molar-refractivity contribution in [3.8, 4) is 0 Å². The molecule has 9 unspecified atom stereocenters. The molecule has 0 bridgehead atoms. The first-order valence-corrected chi connectivity index (χ1v) is 55.3. The summed E-state index contributed by atoms with van der Waals surface area (Å²) in [7, 11) is -0.336. The van der Waals surface area contributed by atoms with Crippen LogP contribution < -0.4 is 56.7 Å². The number of rotatable bonds is 48. The highest BCUT2D eigenvalue weighted by Gasteiger charge is 2.58. The number of hydrogen-bond donors (Lipinski definition) is 14. The van der Waals surface area contributed by atoms with E-state index in [-0.39, 0.29) is 139 Å². The van der Waals surface area contributed by atoms with Gasteiger partial charge in [-0.1, -0.05) is 6.92 Å². The molecule has 27 atom stereocenters. The van der Waals surface area contributed by atoms with Crippen LogP contribution in [-0.2, 0) is 163 Å². The molecule has 16 heterocycles. The van der Waals surface area contributed by atoms with Crippen molar-refractivity contribution in [1.29, 1.82) is 0 Å². The van der Waals surface area contributed by atoms with Gasteiger partial charge >= 0.3 is 51.8 Å². The quantitative estimate of drug-likeness (QED) is 0.0145. The van der Waals surface area contributed by atoms with Gasteiger partial charge in [0.1, 0.15) is 127 Å². The zero-order chi connectivity index (χ0) is 102. The van der Waals surface area contributed by atoms with Crippen molar-refractivity contribution in [2.24, 2.45) is 0 Å². The summed E-state index contributed by atoms with van der Waals surface area (Å²) in [5, 5.41) is 11.8. The fraction of sp³-hybridized carbons (Fsp3) is 0.616. The Morgan fingerprint density at radius 2 is 0.790 bits per heavy atom. The summed E-state index contributed by atoms with van der Waals surface area (Å²) in [5.41, 5.74) is 20.1. The molecule has 0 saturated carbocycles. The Morgan fingerprint density at radius 1 is 0.406 bits per heavy atom. The van der Waals surface area contributed by atoms with Gasteiger partial charge in [-0.05, 0) is 67.5 Å². The molecule has 143 heavy (non-hydrogen) atoms. The second-order valence-electron chi connectivity index (χ2n) is 32.7. The average Bonchev–Trinajstić information content (AvgIpc) is 1.61. The molecule has 0 aromatic carbocycles. The van der Waals surface area contributed by atoms with E-state index >= 15 is 4.57 Å². The van der Waals surface area contributed by atoms with E-state index in [1.807, 2.05) is 0 Å². The van der Waals surface area contributed by atoms with Gasteiger partial charge in [0, 0.05) is 64.8 Å². The van der Waals surface area contributed by atoms with Crippen LogP contribution >= 0.6 is 34.7 Å². The largest absolute Gasteiger partial charge is 0.472 e. The zero-order valence-electron chi connectivity index (χ0n) is 76.3. The second kappa shape index (κ2) is 45.6. The lowest BCUT2D eigenvalue weighted by Crippen LogP contribution is -2.40. The lowest BCUT2D eigenvalue weighted by Gasteiger charge is -2.30. The minimum atomic E-state index is -5.83. The van der Waals surface area contributed by atoms with Crippen molar-refractivity contribution < 1.29 is 146 Å². The van der Waals surface area contributed by atoms with Gasteiger partial charge in [0.05, 0.1) is 130 Å². The van der Waals surface area contributed by atoms with E-state index in [1.54, 1.807) is 6.92 Å². The van der Waals surface area contributed by atoms with Crippen LogP contribution in [0.2, 0.25) is 0 Å². The second-order valence-corrected chi connectivity index (χ2v) is 45.3. The number of nitrogen functional groups attached to an aromatic ring is 4. The number of nitrogens with one attached hydrogen (secondary N) is 4. The van der Waals surface area contributed by atoms with Crippen LogP contribution in [0.1, 0.15) is 74.7 Å². The third kappa shape index (κ3) is 24.4. The topological polar surface area (TPSA) is 788 Å². The summed E-state index contributed by atoms with van der Waals surface area (Å²) in [6.45, 7) is -20.1. The van der Waals surface area contributed by atoms with E-state index in [9.17, 15) is 58.3 Å². The maximum Gasteiger partial charge on any atom is 0.472 e. The number of imidazole rings is 4. The van der Waals surface area contributed by atoms with Crippen molar-refractivity contribution in [1.82, 2.24) is 97.2 Å². The molecular weight excluding hydrogens is 2090 g/mol. The van der Waals surface area contributed by atoms with Crippen LogP contribution in [0.15, 0.2) is 79.1 Å². The first-order chi connectivity index (χ1) is 68.2. The van der Waals surface area contributed by atoms with Crippen molar-refractivity contribution in [3.05, 3.63) is 124 Å². The SMILES string of the molecule is CC[C@H]1O[C@@H](n2cnc3c(N)[nH]c(=O)nc32)C[C@H]1OP(O)(=S)OC[C@H]1O[C@@H](n2cc(C)c(=O)[nH]c2=O)C[C@H]1OP(O)(=S)OC[C@H]1O[C@@H](n2cnc3c(=O)[nH]c(N)nc32)C(OCCOC)[C@H]1OP(=O)(O)OC[C@H]1O[C@@H](n2cnc3c(N)ncnc32)C(OCCOC)[C@H]1OP(O)(=S)OC[C@H]1O[C@@H](n2cnc3c(N)ncnc32)C(OCCOC)[C@H]1OP(O)(=S)OC[C@H]1O[C@@H](n2cc(C)c(=O)[nH]c2=O)C(OCCOC)[C@H]1O. The third-order valence-corrected chi connectivity index (χ3v) is 30.6. The molecule has 0 spiro atoms. The molecule has 10 aromatic rings. The predicted octanol–water partition coefficient (Wildman–Crippen LogP) is -1.98. The van der Waals surface area contributed by atoms with Gasteiger partial charge < -0.3 is 146 Å². The lowest BCUT2D eigenvalue weighted by atomic mass is 10.1. The number of aromatic amines is 4. The van der Waals surface area contributed by atoms with Gasteiger partial charge in [-0.3, -0.25) is 79.8 Å². The highest BCUT2D eigenvalue weighted by Crippen LogP contribution is 2.58. The van der Waals surface area contributed by atoms with Gasteiger partial charge in [-0.2, -0.15) is 9.97 Å². The zero-order valence-corrected chi connectivity index (χ0v) is 84.0. The van der Waals surface area contributed by atoms with E-state index in [0.29, 0.717) is 6.42 Å². The van der Waals surface area contributed by atoms with Gasteiger partial charge in [0.2, 0.25) is 5.95 Å². The molecule has 0 radical (unpaired) electrons. The molecule has 61 nitrogen and oxygen atoms in total. The maximum absolute atomic E-state index is 15.5. The number of aliphatic hydroxyl groups excluding tert-OH is 1. The van der Waals surface area contributed by atoms with Crippen molar-refractivity contribution in [2.45, 2.75) is 175 Å². The molecule has 784 valence electrons. The Kier molecular flexibility index (Phi) is 34.3. The Labute approximate surface area is 824 Å². The van der Waals surface area contributed by atoms with Gasteiger partial charge in [-0.25, -0.2) is 58.8 Å². The van der Waals surface area contributed by atoms with Gasteiger partial charge in [0.25, 0.3) is 16.7 Å². The minimum Gasteiger partial charge on any atom is -0.387 e. The molecule has 16 rings (SSSR count). The predicted molar refractivity (Wildman–Crippen MR) is 502 cm³/mol. The molecule has 10 aromatic heterocycles. The number of aliphatic hydroxyl groups is 1. The molecule has 6 aliphatic heterocycles. The summed E-state index contributed by atoms with van der Waals surface area (Å²) in [6, 6.07) is 0.